The Morgan fingerprint density at radius 2 is 1.91 bits per heavy atom. The molecule has 0 atom stereocenters. The molecule has 0 aliphatic carbocycles. The number of anilines is 1. The van der Waals surface area contributed by atoms with E-state index in [2.05, 4.69) is 21.2 Å². The van der Waals surface area contributed by atoms with E-state index in [0.29, 0.717) is 4.47 Å². The van der Waals surface area contributed by atoms with Crippen LogP contribution < -0.4 is 5.32 Å². The molecule has 0 aromatic heterocycles. The number of hydrogen-bond acceptors (Lipinski definition) is 3. The molecule has 0 saturated carbocycles. The topological polar surface area (TPSA) is 75.6 Å². The van der Waals surface area contributed by atoms with Gasteiger partial charge in [-0.2, -0.15) is 0 Å². The third-order valence-electron chi connectivity index (χ3n) is 2.74. The van der Waals surface area contributed by atoms with Gasteiger partial charge in [0, 0.05) is 4.47 Å². The summed E-state index contributed by atoms with van der Waals surface area (Å²) in [4.78, 5) is 22.8. The molecule has 0 spiro atoms. The van der Waals surface area contributed by atoms with Crippen molar-refractivity contribution in [2.45, 2.75) is 6.61 Å². The zero-order valence-electron chi connectivity index (χ0n) is 11.2. The molecular weight excluding hydrogens is 374 g/mol. The zero-order chi connectivity index (χ0) is 16.1. The van der Waals surface area contributed by atoms with E-state index in [1.807, 2.05) is 30.3 Å². The fourth-order valence-electron chi connectivity index (χ4n) is 1.68. The first-order valence-corrected chi connectivity index (χ1v) is 7.34. The Hall–Kier alpha value is -2.05. The van der Waals surface area contributed by atoms with Crippen LogP contribution in [0.4, 0.5) is 10.5 Å². The van der Waals surface area contributed by atoms with Crippen LogP contribution in [0.15, 0.2) is 46.9 Å². The highest BCUT2D eigenvalue weighted by Gasteiger charge is 2.14. The number of ether oxygens (including phenoxy) is 1. The lowest BCUT2D eigenvalue weighted by Gasteiger charge is -2.10. The van der Waals surface area contributed by atoms with Crippen molar-refractivity contribution < 1.29 is 19.4 Å². The molecule has 2 aromatic rings. The molecule has 114 valence electrons. The van der Waals surface area contributed by atoms with Gasteiger partial charge in [0.05, 0.1) is 16.3 Å². The smallest absolute Gasteiger partial charge is 0.412 e. The number of amides is 1. The number of halogens is 2. The molecule has 5 nitrogen and oxygen atoms in total. The first kappa shape index (κ1) is 16.3. The van der Waals surface area contributed by atoms with Crippen LogP contribution in [0.1, 0.15) is 15.9 Å². The van der Waals surface area contributed by atoms with Gasteiger partial charge in [-0.05, 0) is 33.6 Å². The highest BCUT2D eigenvalue weighted by molar-refractivity contribution is 9.10. The van der Waals surface area contributed by atoms with Gasteiger partial charge in [-0.15, -0.1) is 0 Å². The van der Waals surface area contributed by atoms with Crippen LogP contribution in [-0.2, 0) is 11.3 Å². The number of benzene rings is 2. The van der Waals surface area contributed by atoms with E-state index in [-0.39, 0.29) is 22.9 Å². The molecule has 0 aliphatic rings. The maximum absolute atomic E-state index is 11.8. The van der Waals surface area contributed by atoms with E-state index in [0.717, 1.165) is 5.56 Å². The predicted molar refractivity (Wildman–Crippen MR) is 86.4 cm³/mol. The summed E-state index contributed by atoms with van der Waals surface area (Å²) in [6, 6.07) is 11.8. The van der Waals surface area contributed by atoms with Crippen LogP contribution >= 0.6 is 27.5 Å². The summed E-state index contributed by atoms with van der Waals surface area (Å²) in [5.74, 6) is -1.13. The molecule has 0 bridgehead atoms. The summed E-state index contributed by atoms with van der Waals surface area (Å²) in [7, 11) is 0. The summed E-state index contributed by atoms with van der Waals surface area (Å²) >= 11 is 9.07. The molecule has 2 rings (SSSR count). The molecular formula is C15H11BrClNO4. The highest BCUT2D eigenvalue weighted by Crippen LogP contribution is 2.29. The van der Waals surface area contributed by atoms with Crippen molar-refractivity contribution in [2.75, 3.05) is 5.32 Å². The zero-order valence-corrected chi connectivity index (χ0v) is 13.5. The van der Waals surface area contributed by atoms with E-state index in [1.54, 1.807) is 0 Å². The van der Waals surface area contributed by atoms with Gasteiger partial charge in [0.15, 0.2) is 0 Å². The maximum atomic E-state index is 11.8. The second-order valence-corrected chi connectivity index (χ2v) is 5.57. The molecule has 0 unspecified atom stereocenters. The van der Waals surface area contributed by atoms with Crippen molar-refractivity contribution >= 4 is 45.3 Å². The largest absolute Gasteiger partial charge is 0.478 e. The monoisotopic (exact) mass is 383 g/mol. The number of carbonyl (C=O) groups is 2. The summed E-state index contributed by atoms with van der Waals surface area (Å²) in [5.41, 5.74) is 0.994. The van der Waals surface area contributed by atoms with Crippen molar-refractivity contribution in [3.05, 3.63) is 63.1 Å². The average molecular weight is 385 g/mol. The van der Waals surface area contributed by atoms with Crippen molar-refractivity contribution in [3.63, 3.8) is 0 Å². The Morgan fingerprint density at radius 1 is 1.23 bits per heavy atom. The lowest BCUT2D eigenvalue weighted by atomic mass is 10.2. The van der Waals surface area contributed by atoms with E-state index >= 15 is 0 Å². The van der Waals surface area contributed by atoms with Crippen molar-refractivity contribution in [3.8, 4) is 0 Å². The maximum Gasteiger partial charge on any atom is 0.412 e. The van der Waals surface area contributed by atoms with Crippen LogP contribution in [0.25, 0.3) is 0 Å². The van der Waals surface area contributed by atoms with Gasteiger partial charge in [0.1, 0.15) is 6.61 Å². The van der Waals surface area contributed by atoms with E-state index < -0.39 is 12.1 Å². The minimum atomic E-state index is -1.13. The lowest BCUT2D eigenvalue weighted by Crippen LogP contribution is -2.14. The highest BCUT2D eigenvalue weighted by atomic mass is 79.9. The second-order valence-electron chi connectivity index (χ2n) is 4.30. The molecule has 0 radical (unpaired) electrons. The standard InChI is InChI=1S/C15H11BrClNO4/c16-11-7-12(17)13(6-10(11)14(19)20)18-15(21)22-8-9-4-2-1-3-5-9/h1-7H,8H2,(H,18,21)(H,19,20). The number of nitrogens with one attached hydrogen (secondary N) is 1. The summed E-state index contributed by atoms with van der Waals surface area (Å²) in [6.45, 7) is 0.104. The molecule has 22 heavy (non-hydrogen) atoms. The fourth-order valence-corrected chi connectivity index (χ4v) is 2.53. The number of carboxylic acid groups (broad SMARTS) is 1. The first-order valence-electron chi connectivity index (χ1n) is 6.17. The number of aromatic carboxylic acids is 1. The molecule has 0 fully saturated rings. The Bertz CT molecular complexity index is 706. The van der Waals surface area contributed by atoms with Gasteiger partial charge < -0.3 is 9.84 Å². The van der Waals surface area contributed by atoms with Gasteiger partial charge in [-0.3, -0.25) is 5.32 Å². The number of hydrogen-bond donors (Lipinski definition) is 2. The Kier molecular flexibility index (Phi) is 5.41. The number of carbonyl (C=O) groups excluding carboxylic acids is 1. The Balaban J connectivity index is 2.05. The van der Waals surface area contributed by atoms with Crippen LogP contribution in [-0.4, -0.2) is 17.2 Å². The SMILES string of the molecule is O=C(Nc1cc(C(=O)O)c(Br)cc1Cl)OCc1ccccc1. The lowest BCUT2D eigenvalue weighted by molar-refractivity contribution is 0.0696. The summed E-state index contributed by atoms with van der Waals surface area (Å²) in [5, 5.41) is 11.7. The molecule has 0 heterocycles. The Morgan fingerprint density at radius 3 is 2.55 bits per heavy atom. The molecule has 0 saturated heterocycles. The Labute approximate surface area is 140 Å². The third kappa shape index (κ3) is 4.22. The minimum absolute atomic E-state index is 0.0113. The van der Waals surface area contributed by atoms with Crippen LogP contribution in [0, 0.1) is 0 Å². The van der Waals surface area contributed by atoms with Gasteiger partial charge in [0.25, 0.3) is 0 Å². The van der Waals surface area contributed by atoms with Crippen molar-refractivity contribution in [1.82, 2.24) is 0 Å². The third-order valence-corrected chi connectivity index (χ3v) is 3.71. The summed E-state index contributed by atoms with van der Waals surface area (Å²) in [6.07, 6.45) is -0.718. The van der Waals surface area contributed by atoms with Gasteiger partial charge in [-0.25, -0.2) is 9.59 Å². The molecule has 7 heteroatoms. The number of rotatable bonds is 4. The quantitative estimate of drug-likeness (QED) is 0.811. The van der Waals surface area contributed by atoms with E-state index in [1.165, 1.54) is 12.1 Å². The molecule has 2 aromatic carbocycles. The van der Waals surface area contributed by atoms with Gasteiger partial charge in [-0.1, -0.05) is 41.9 Å². The predicted octanol–water partition coefficient (Wildman–Crippen LogP) is 4.55. The molecule has 1 amide bonds. The van der Waals surface area contributed by atoms with Gasteiger partial charge >= 0.3 is 12.1 Å². The minimum Gasteiger partial charge on any atom is -0.478 e. The van der Waals surface area contributed by atoms with Crippen molar-refractivity contribution in [1.29, 1.82) is 0 Å². The van der Waals surface area contributed by atoms with Crippen LogP contribution in [0.5, 0.6) is 0 Å². The summed E-state index contributed by atoms with van der Waals surface area (Å²) < 4.78 is 5.38. The normalized spacial score (nSPS) is 10.1. The van der Waals surface area contributed by atoms with Crippen LogP contribution in [0.3, 0.4) is 0 Å². The first-order chi connectivity index (χ1) is 10.5. The molecule has 2 N–H and O–H groups in total. The fraction of sp³-hybridized carbons (Fsp3) is 0.0667. The van der Waals surface area contributed by atoms with Crippen molar-refractivity contribution in [2.24, 2.45) is 0 Å². The second kappa shape index (κ2) is 7.29. The average Bonchev–Trinajstić information content (AvgIpc) is 2.48. The van der Waals surface area contributed by atoms with E-state index in [4.69, 9.17) is 21.4 Å². The molecule has 0 aliphatic heterocycles. The van der Waals surface area contributed by atoms with Gasteiger partial charge in [0.2, 0.25) is 0 Å². The number of carboxylic acids is 1. The van der Waals surface area contributed by atoms with Crippen LogP contribution in [0.2, 0.25) is 5.02 Å². The van der Waals surface area contributed by atoms with E-state index in [9.17, 15) is 9.59 Å².